The molecule has 0 aliphatic carbocycles. The first-order valence-electron chi connectivity index (χ1n) is 6.58. The van der Waals surface area contributed by atoms with E-state index in [4.69, 9.17) is 10.9 Å². The first kappa shape index (κ1) is 15.4. The van der Waals surface area contributed by atoms with Crippen molar-refractivity contribution in [3.05, 3.63) is 30.1 Å². The van der Waals surface area contributed by atoms with Gasteiger partial charge in [0.15, 0.2) is 0 Å². The molecule has 19 heavy (non-hydrogen) atoms. The summed E-state index contributed by atoms with van der Waals surface area (Å²) in [5, 5.41) is 15.3. The molecule has 1 aromatic rings. The van der Waals surface area contributed by atoms with Crippen molar-refractivity contribution in [1.82, 2.24) is 10.3 Å². The third kappa shape index (κ3) is 4.87. The van der Waals surface area contributed by atoms with E-state index in [-0.39, 0.29) is 11.3 Å². The molecular weight excluding hydrogens is 240 g/mol. The van der Waals surface area contributed by atoms with E-state index in [1.807, 2.05) is 26.0 Å². The first-order chi connectivity index (χ1) is 8.97. The molecule has 0 radical (unpaired) electrons. The Labute approximate surface area is 114 Å². The van der Waals surface area contributed by atoms with Crippen LogP contribution >= 0.6 is 0 Å². The molecule has 0 fully saturated rings. The van der Waals surface area contributed by atoms with Gasteiger partial charge in [-0.1, -0.05) is 19.0 Å². The van der Waals surface area contributed by atoms with Gasteiger partial charge in [-0.3, -0.25) is 4.98 Å². The van der Waals surface area contributed by atoms with Gasteiger partial charge in [-0.2, -0.15) is 0 Å². The van der Waals surface area contributed by atoms with Crippen molar-refractivity contribution in [2.45, 2.75) is 39.7 Å². The average molecular weight is 264 g/mol. The van der Waals surface area contributed by atoms with E-state index >= 15 is 0 Å². The van der Waals surface area contributed by atoms with E-state index in [1.165, 1.54) is 5.56 Å². The lowest BCUT2D eigenvalue weighted by Crippen LogP contribution is -2.32. The number of hydrogen-bond donors (Lipinski definition) is 3. The highest BCUT2D eigenvalue weighted by molar-refractivity contribution is 5.85. The van der Waals surface area contributed by atoms with Gasteiger partial charge in [0, 0.05) is 23.9 Å². The molecule has 1 aromatic heterocycles. The molecule has 0 saturated carbocycles. The first-order valence-corrected chi connectivity index (χ1v) is 6.58. The van der Waals surface area contributed by atoms with Crippen LogP contribution in [-0.4, -0.2) is 22.6 Å². The summed E-state index contributed by atoms with van der Waals surface area (Å²) in [6.45, 7) is 6.98. The lowest BCUT2D eigenvalue weighted by Gasteiger charge is -2.23. The number of aromatic nitrogens is 1. The summed E-state index contributed by atoms with van der Waals surface area (Å²) < 4.78 is 0. The van der Waals surface area contributed by atoms with Crippen LogP contribution in [0.3, 0.4) is 0 Å². The average Bonchev–Trinajstić information content (AvgIpc) is 2.43. The van der Waals surface area contributed by atoms with Crippen molar-refractivity contribution in [3.8, 4) is 0 Å². The lowest BCUT2D eigenvalue weighted by atomic mass is 9.86. The van der Waals surface area contributed by atoms with Gasteiger partial charge in [0.1, 0.15) is 5.84 Å². The zero-order valence-electron chi connectivity index (χ0n) is 11.9. The van der Waals surface area contributed by atoms with E-state index in [0.29, 0.717) is 6.04 Å². The fourth-order valence-corrected chi connectivity index (χ4v) is 1.88. The molecule has 0 spiro atoms. The summed E-state index contributed by atoms with van der Waals surface area (Å²) in [5.74, 6) is 0.287. The minimum Gasteiger partial charge on any atom is -0.409 e. The lowest BCUT2D eigenvalue weighted by molar-refractivity contribution is 0.304. The molecular formula is C14H24N4O. The van der Waals surface area contributed by atoms with Crippen LogP contribution in [0.5, 0.6) is 0 Å². The minimum atomic E-state index is -0.268. The van der Waals surface area contributed by atoms with E-state index in [9.17, 15) is 0 Å². The molecule has 4 N–H and O–H groups in total. The molecule has 0 aliphatic heterocycles. The quantitative estimate of drug-likeness (QED) is 0.232. The predicted molar refractivity (Wildman–Crippen MR) is 77.1 cm³/mol. The predicted octanol–water partition coefficient (Wildman–Crippen LogP) is 2.29. The number of hydrogen-bond acceptors (Lipinski definition) is 4. The van der Waals surface area contributed by atoms with Gasteiger partial charge in [-0.25, -0.2) is 0 Å². The van der Waals surface area contributed by atoms with Gasteiger partial charge in [0.2, 0.25) is 0 Å². The Morgan fingerprint density at radius 2 is 2.11 bits per heavy atom. The zero-order chi connectivity index (χ0) is 14.3. The standard InChI is InChI=1S/C14H24N4O/c1-11(12-5-9-16-10-6-12)17-8-4-7-14(2,3)13(15)18-19/h5-6,9-11,17,19H,4,7-8H2,1-3H3,(H2,15,18). The maximum absolute atomic E-state index is 8.71. The van der Waals surface area contributed by atoms with Crippen LogP contribution < -0.4 is 11.1 Å². The van der Waals surface area contributed by atoms with Crippen LogP contribution in [0.15, 0.2) is 29.7 Å². The third-order valence-electron chi connectivity index (χ3n) is 3.44. The molecule has 0 aromatic carbocycles. The fraction of sp³-hybridized carbons (Fsp3) is 0.571. The van der Waals surface area contributed by atoms with Crippen molar-refractivity contribution in [1.29, 1.82) is 0 Å². The number of rotatable bonds is 7. The number of amidine groups is 1. The maximum atomic E-state index is 8.71. The SMILES string of the molecule is CC(NCCCC(C)(C)C(N)=NO)c1ccncc1. The second kappa shape index (κ2) is 7.09. The Kier molecular flexibility index (Phi) is 5.76. The van der Waals surface area contributed by atoms with Crippen LogP contribution in [-0.2, 0) is 0 Å². The van der Waals surface area contributed by atoms with E-state index in [0.717, 1.165) is 19.4 Å². The van der Waals surface area contributed by atoms with Crippen molar-refractivity contribution in [2.24, 2.45) is 16.3 Å². The Hall–Kier alpha value is -1.62. The summed E-state index contributed by atoms with van der Waals surface area (Å²) >= 11 is 0. The number of nitrogens with zero attached hydrogens (tertiary/aromatic N) is 2. The van der Waals surface area contributed by atoms with Gasteiger partial charge in [0.05, 0.1) is 0 Å². The zero-order valence-corrected chi connectivity index (χ0v) is 11.9. The Balaban J connectivity index is 2.32. The Morgan fingerprint density at radius 1 is 1.47 bits per heavy atom. The molecule has 0 amide bonds. The monoisotopic (exact) mass is 264 g/mol. The number of nitrogens with one attached hydrogen (secondary N) is 1. The molecule has 5 heteroatoms. The topological polar surface area (TPSA) is 83.5 Å². The smallest absolute Gasteiger partial charge is 0.144 e. The third-order valence-corrected chi connectivity index (χ3v) is 3.44. The molecule has 1 heterocycles. The van der Waals surface area contributed by atoms with Crippen molar-refractivity contribution < 1.29 is 5.21 Å². The highest BCUT2D eigenvalue weighted by atomic mass is 16.4. The summed E-state index contributed by atoms with van der Waals surface area (Å²) in [6.07, 6.45) is 5.45. The molecule has 5 nitrogen and oxygen atoms in total. The van der Waals surface area contributed by atoms with Gasteiger partial charge in [-0.05, 0) is 44.0 Å². The Bertz CT molecular complexity index is 403. The molecule has 1 rings (SSSR count). The molecule has 0 saturated heterocycles. The van der Waals surface area contributed by atoms with Crippen molar-refractivity contribution in [3.63, 3.8) is 0 Å². The number of oxime groups is 1. The van der Waals surface area contributed by atoms with Crippen LogP contribution in [0.4, 0.5) is 0 Å². The van der Waals surface area contributed by atoms with Crippen molar-refractivity contribution in [2.75, 3.05) is 6.54 Å². The van der Waals surface area contributed by atoms with Crippen LogP contribution in [0.2, 0.25) is 0 Å². The van der Waals surface area contributed by atoms with Crippen LogP contribution in [0, 0.1) is 5.41 Å². The normalized spacial score (nSPS) is 14.4. The largest absolute Gasteiger partial charge is 0.409 e. The second-order valence-electron chi connectivity index (χ2n) is 5.43. The van der Waals surface area contributed by atoms with E-state index in [1.54, 1.807) is 12.4 Å². The van der Waals surface area contributed by atoms with Gasteiger partial charge < -0.3 is 16.3 Å². The summed E-state index contributed by atoms with van der Waals surface area (Å²) in [6, 6.07) is 4.32. The van der Waals surface area contributed by atoms with Crippen LogP contribution in [0.1, 0.15) is 45.2 Å². The Morgan fingerprint density at radius 3 is 2.68 bits per heavy atom. The fourth-order valence-electron chi connectivity index (χ4n) is 1.88. The second-order valence-corrected chi connectivity index (χ2v) is 5.43. The number of nitrogens with two attached hydrogens (primary N) is 1. The van der Waals surface area contributed by atoms with E-state index < -0.39 is 0 Å². The van der Waals surface area contributed by atoms with Gasteiger partial charge >= 0.3 is 0 Å². The molecule has 1 atom stereocenters. The minimum absolute atomic E-state index is 0.268. The van der Waals surface area contributed by atoms with E-state index in [2.05, 4.69) is 22.4 Å². The molecule has 0 aliphatic rings. The molecule has 106 valence electrons. The number of pyridine rings is 1. The highest BCUT2D eigenvalue weighted by Gasteiger charge is 2.22. The molecule has 0 bridgehead atoms. The van der Waals surface area contributed by atoms with Gasteiger partial charge in [-0.15, -0.1) is 0 Å². The summed E-state index contributed by atoms with van der Waals surface area (Å²) in [5.41, 5.74) is 6.62. The summed E-state index contributed by atoms with van der Waals surface area (Å²) in [7, 11) is 0. The highest BCUT2D eigenvalue weighted by Crippen LogP contribution is 2.22. The summed E-state index contributed by atoms with van der Waals surface area (Å²) in [4.78, 5) is 4.01. The van der Waals surface area contributed by atoms with Crippen LogP contribution in [0.25, 0.3) is 0 Å². The molecule has 1 unspecified atom stereocenters. The maximum Gasteiger partial charge on any atom is 0.144 e. The van der Waals surface area contributed by atoms with Crippen molar-refractivity contribution >= 4 is 5.84 Å². The van der Waals surface area contributed by atoms with Gasteiger partial charge in [0.25, 0.3) is 0 Å².